The summed E-state index contributed by atoms with van der Waals surface area (Å²) in [6.45, 7) is 13.6. The van der Waals surface area contributed by atoms with E-state index in [9.17, 15) is 9.90 Å². The number of rotatable bonds is 9. The predicted molar refractivity (Wildman–Crippen MR) is 121 cm³/mol. The van der Waals surface area contributed by atoms with E-state index in [1.165, 1.54) is 0 Å². The van der Waals surface area contributed by atoms with Gasteiger partial charge in [0.05, 0.1) is 17.7 Å². The van der Waals surface area contributed by atoms with E-state index in [2.05, 4.69) is 55.1 Å². The quantitative estimate of drug-likeness (QED) is 0.483. The maximum atomic E-state index is 12.9. The van der Waals surface area contributed by atoms with E-state index in [1.54, 1.807) is 0 Å². The van der Waals surface area contributed by atoms with E-state index in [1.807, 2.05) is 35.9 Å². The van der Waals surface area contributed by atoms with Crippen LogP contribution in [0.15, 0.2) is 29.1 Å². The number of aryl methyl sites for hydroxylation is 1. The molecule has 2 atom stereocenters. The number of aromatic amines is 1. The molecule has 1 aromatic carbocycles. The van der Waals surface area contributed by atoms with Crippen molar-refractivity contribution in [2.75, 3.05) is 13.2 Å². The molecule has 0 amide bonds. The summed E-state index contributed by atoms with van der Waals surface area (Å²) in [5, 5.41) is 23.5. The summed E-state index contributed by atoms with van der Waals surface area (Å²) in [4.78, 5) is 16.9. The summed E-state index contributed by atoms with van der Waals surface area (Å²) in [5.74, 6) is 0.999. The highest BCUT2D eigenvalue weighted by Crippen LogP contribution is 2.24. The second-order valence-electron chi connectivity index (χ2n) is 9.36. The second kappa shape index (κ2) is 9.28. The molecule has 0 spiro atoms. The van der Waals surface area contributed by atoms with E-state index < -0.39 is 0 Å². The molecule has 3 aromatic rings. The third-order valence-electron chi connectivity index (χ3n) is 6.25. The zero-order valence-electron chi connectivity index (χ0n) is 19.4. The topological polar surface area (TPSA) is 101 Å². The Kier molecular flexibility index (Phi) is 6.91. The van der Waals surface area contributed by atoms with Crippen molar-refractivity contribution in [2.45, 2.75) is 66.1 Å². The zero-order chi connectivity index (χ0) is 22.8. The Morgan fingerprint density at radius 3 is 2.65 bits per heavy atom. The summed E-state index contributed by atoms with van der Waals surface area (Å²) in [6, 6.07) is 7.94. The van der Waals surface area contributed by atoms with E-state index in [0.29, 0.717) is 18.7 Å². The van der Waals surface area contributed by atoms with Crippen LogP contribution < -0.4 is 10.5 Å². The Balaban J connectivity index is 2.03. The molecule has 8 heteroatoms. The van der Waals surface area contributed by atoms with Gasteiger partial charge in [0.1, 0.15) is 13.1 Å². The Morgan fingerprint density at radius 1 is 1.26 bits per heavy atom. The van der Waals surface area contributed by atoms with Crippen LogP contribution in [-0.2, 0) is 12.1 Å². The van der Waals surface area contributed by atoms with Crippen LogP contribution in [0.5, 0.6) is 0 Å². The summed E-state index contributed by atoms with van der Waals surface area (Å²) in [6.07, 6.45) is 0.884. The number of fused-ring (bicyclic) bond motifs is 1. The Labute approximate surface area is 183 Å². The Hall–Kier alpha value is -2.58. The average molecular weight is 428 g/mol. The fourth-order valence-corrected chi connectivity index (χ4v) is 4.15. The number of hydrogen-bond acceptors (Lipinski definition) is 5. The van der Waals surface area contributed by atoms with Crippen molar-refractivity contribution in [3.8, 4) is 0 Å². The minimum absolute atomic E-state index is 0.0158. The molecule has 3 rings (SSSR count). The maximum absolute atomic E-state index is 12.9. The van der Waals surface area contributed by atoms with Crippen LogP contribution in [0.2, 0.25) is 0 Å². The van der Waals surface area contributed by atoms with Gasteiger partial charge in [0.2, 0.25) is 5.82 Å². The Bertz CT molecular complexity index is 1090. The van der Waals surface area contributed by atoms with E-state index in [0.717, 1.165) is 33.6 Å². The number of nitrogens with one attached hydrogen (secondary N) is 2. The SMILES string of the molecule is CCC(C)(C)n1nnnc1[C@H](C(C)C)[NH+](CCO)Cc1cc2ccc(C)cc2[nH]c1=O. The van der Waals surface area contributed by atoms with Gasteiger partial charge in [-0.1, -0.05) is 32.9 Å². The van der Waals surface area contributed by atoms with Crippen LogP contribution in [0, 0.1) is 12.8 Å². The lowest BCUT2D eigenvalue weighted by Crippen LogP contribution is -3.12. The lowest BCUT2D eigenvalue weighted by atomic mass is 9.97. The van der Waals surface area contributed by atoms with Crippen LogP contribution in [0.25, 0.3) is 10.9 Å². The van der Waals surface area contributed by atoms with E-state index in [4.69, 9.17) is 0 Å². The minimum atomic E-state index is -0.228. The highest BCUT2D eigenvalue weighted by atomic mass is 16.3. The van der Waals surface area contributed by atoms with Crippen molar-refractivity contribution in [1.82, 2.24) is 25.2 Å². The van der Waals surface area contributed by atoms with E-state index >= 15 is 0 Å². The fraction of sp³-hybridized carbons (Fsp3) is 0.565. The predicted octanol–water partition coefficient (Wildman–Crippen LogP) is 1.74. The smallest absolute Gasteiger partial charge is 0.257 e. The number of aliphatic hydroxyl groups is 1. The molecule has 2 heterocycles. The number of quaternary nitrogens is 1. The van der Waals surface area contributed by atoms with Crippen LogP contribution in [0.3, 0.4) is 0 Å². The Morgan fingerprint density at radius 2 is 2.00 bits per heavy atom. The standard InChI is InChI=1S/C23H34N6O2/c1-7-23(5,6)29-21(25-26-27-29)20(15(2)3)28(10-11-30)14-18-13-17-9-8-16(4)12-19(17)24-22(18)31/h8-9,12-13,15,20,30H,7,10-11,14H2,1-6H3,(H,24,31)/p+1/t20-/m0/s1. The molecule has 0 bridgehead atoms. The fourth-order valence-electron chi connectivity index (χ4n) is 4.15. The average Bonchev–Trinajstić information content (AvgIpc) is 3.19. The molecule has 0 aliphatic rings. The summed E-state index contributed by atoms with van der Waals surface area (Å²) >= 11 is 0. The number of aromatic nitrogens is 5. The lowest BCUT2D eigenvalue weighted by Gasteiger charge is -2.32. The molecular weight excluding hydrogens is 392 g/mol. The molecule has 0 fully saturated rings. The first-order valence-corrected chi connectivity index (χ1v) is 11.0. The highest BCUT2D eigenvalue weighted by Gasteiger charge is 2.36. The first-order valence-electron chi connectivity index (χ1n) is 11.0. The molecule has 1 unspecified atom stereocenters. The van der Waals surface area contributed by atoms with Crippen molar-refractivity contribution >= 4 is 10.9 Å². The molecule has 3 N–H and O–H groups in total. The molecule has 0 aliphatic carbocycles. The van der Waals surface area contributed by atoms with Gasteiger partial charge in [0.25, 0.3) is 5.56 Å². The monoisotopic (exact) mass is 427 g/mol. The van der Waals surface area contributed by atoms with Gasteiger partial charge in [-0.05, 0) is 60.7 Å². The van der Waals surface area contributed by atoms with Crippen LogP contribution in [0.1, 0.15) is 64.0 Å². The van der Waals surface area contributed by atoms with E-state index in [-0.39, 0.29) is 29.7 Å². The summed E-state index contributed by atoms with van der Waals surface area (Å²) in [5.41, 5.74) is 2.32. The largest absolute Gasteiger partial charge is 0.391 e. The molecule has 0 saturated carbocycles. The number of benzene rings is 1. The van der Waals surface area contributed by atoms with Crippen molar-refractivity contribution < 1.29 is 10.0 Å². The van der Waals surface area contributed by atoms with Gasteiger partial charge >= 0.3 is 0 Å². The zero-order valence-corrected chi connectivity index (χ0v) is 19.4. The van der Waals surface area contributed by atoms with Crippen LogP contribution in [0.4, 0.5) is 0 Å². The number of nitrogens with zero attached hydrogens (tertiary/aromatic N) is 4. The van der Waals surface area contributed by atoms with Crippen molar-refractivity contribution in [3.63, 3.8) is 0 Å². The van der Waals surface area contributed by atoms with Crippen LogP contribution >= 0.6 is 0 Å². The molecule has 0 saturated heterocycles. The number of hydrogen-bond donors (Lipinski definition) is 3. The third-order valence-corrected chi connectivity index (χ3v) is 6.25. The van der Waals surface area contributed by atoms with Gasteiger partial charge in [-0.15, -0.1) is 5.10 Å². The maximum Gasteiger partial charge on any atom is 0.257 e. The van der Waals surface area contributed by atoms with Crippen molar-refractivity contribution in [1.29, 1.82) is 0 Å². The molecular formula is C23H35N6O2+. The van der Waals surface area contributed by atoms with Gasteiger partial charge in [-0.2, -0.15) is 0 Å². The van der Waals surface area contributed by atoms with Crippen molar-refractivity contribution in [3.05, 3.63) is 51.6 Å². The van der Waals surface area contributed by atoms with Gasteiger partial charge in [0.15, 0.2) is 6.04 Å². The molecule has 168 valence electrons. The number of H-pyrrole nitrogens is 1. The van der Waals surface area contributed by atoms with Crippen LogP contribution in [-0.4, -0.2) is 43.4 Å². The number of pyridine rings is 1. The first-order chi connectivity index (χ1) is 14.7. The highest BCUT2D eigenvalue weighted by molar-refractivity contribution is 5.79. The lowest BCUT2D eigenvalue weighted by molar-refractivity contribution is -0.950. The molecule has 0 aliphatic heterocycles. The van der Waals surface area contributed by atoms with Gasteiger partial charge in [-0.25, -0.2) is 4.68 Å². The van der Waals surface area contributed by atoms with Gasteiger partial charge in [0, 0.05) is 11.4 Å². The normalized spacial score (nSPS) is 14.3. The number of tetrazole rings is 1. The summed E-state index contributed by atoms with van der Waals surface area (Å²) in [7, 11) is 0. The first kappa shape index (κ1) is 23.1. The molecule has 31 heavy (non-hydrogen) atoms. The van der Waals surface area contributed by atoms with Gasteiger partial charge < -0.3 is 15.0 Å². The molecule has 0 radical (unpaired) electrons. The minimum Gasteiger partial charge on any atom is -0.391 e. The molecule has 2 aromatic heterocycles. The molecule has 8 nitrogen and oxygen atoms in total. The van der Waals surface area contributed by atoms with Crippen molar-refractivity contribution in [2.24, 2.45) is 5.92 Å². The van der Waals surface area contributed by atoms with Gasteiger partial charge in [-0.3, -0.25) is 4.79 Å². The second-order valence-corrected chi connectivity index (χ2v) is 9.36. The number of aliphatic hydroxyl groups excluding tert-OH is 1. The third kappa shape index (κ3) is 4.85. The summed E-state index contributed by atoms with van der Waals surface area (Å²) < 4.78 is 1.91.